The van der Waals surface area contributed by atoms with Gasteiger partial charge in [0.25, 0.3) is 0 Å². The Hall–Kier alpha value is -2.19. The summed E-state index contributed by atoms with van der Waals surface area (Å²) in [6.07, 6.45) is 0. The van der Waals surface area contributed by atoms with Crippen molar-refractivity contribution in [3.63, 3.8) is 0 Å². The van der Waals surface area contributed by atoms with Gasteiger partial charge in [0.1, 0.15) is 5.75 Å². The lowest BCUT2D eigenvalue weighted by Crippen LogP contribution is -1.94. The van der Waals surface area contributed by atoms with Crippen molar-refractivity contribution in [3.05, 3.63) is 29.8 Å². The van der Waals surface area contributed by atoms with Crippen molar-refractivity contribution >= 4 is 5.78 Å². The van der Waals surface area contributed by atoms with Crippen LogP contribution in [-0.4, -0.2) is 10.9 Å². The second-order valence-electron chi connectivity index (χ2n) is 2.47. The third-order valence-electron chi connectivity index (χ3n) is 1.51. The van der Waals surface area contributed by atoms with E-state index in [1.165, 1.54) is 12.1 Å². The average Bonchev–Trinajstić information content (AvgIpc) is 2.18. The molecule has 68 valence electrons. The van der Waals surface area contributed by atoms with Gasteiger partial charge in [0.2, 0.25) is 5.78 Å². The average molecular weight is 184 g/mol. The van der Waals surface area contributed by atoms with Crippen LogP contribution in [0.3, 0.4) is 0 Å². The van der Waals surface area contributed by atoms with Crippen LogP contribution in [-0.2, 0) is 0 Å². The minimum absolute atomic E-state index is 0.0590. The minimum atomic E-state index is -0.425. The Morgan fingerprint density at radius 1 is 1.29 bits per heavy atom. The largest absolute Gasteiger partial charge is 0.507 e. The molecule has 0 spiro atoms. The van der Waals surface area contributed by atoms with E-state index in [0.717, 1.165) is 0 Å². The summed E-state index contributed by atoms with van der Waals surface area (Å²) < 4.78 is 0. The summed E-state index contributed by atoms with van der Waals surface area (Å²) in [4.78, 5) is 11.3. The molecular formula is C12H8O2. The molecule has 0 amide bonds. The molecule has 0 bridgehead atoms. The summed E-state index contributed by atoms with van der Waals surface area (Å²) >= 11 is 0. The molecular weight excluding hydrogens is 176 g/mol. The smallest absolute Gasteiger partial charge is 0.240 e. The number of benzene rings is 1. The number of aromatic hydroxyl groups is 1. The molecule has 0 fully saturated rings. The quantitative estimate of drug-likeness (QED) is 0.409. The van der Waals surface area contributed by atoms with E-state index in [0.29, 0.717) is 0 Å². The van der Waals surface area contributed by atoms with Crippen LogP contribution >= 0.6 is 0 Å². The number of carbonyl (C=O) groups excluding carboxylic acids is 1. The van der Waals surface area contributed by atoms with E-state index >= 15 is 0 Å². The molecule has 0 heterocycles. The standard InChI is InChI=1S/C12H8O2/c1-2-3-4-8-11(13)10-7-5-6-9-12(10)14/h5-7,9,14H,1H3. The molecule has 0 atom stereocenters. The minimum Gasteiger partial charge on any atom is -0.507 e. The molecule has 0 saturated carbocycles. The number of phenols is 1. The number of hydrogen-bond donors (Lipinski definition) is 1. The summed E-state index contributed by atoms with van der Waals surface area (Å²) in [6, 6.07) is 6.28. The molecule has 0 saturated heterocycles. The Bertz CT molecular complexity index is 464. The molecule has 0 aliphatic heterocycles. The van der Waals surface area contributed by atoms with Gasteiger partial charge in [-0.05, 0) is 36.8 Å². The highest BCUT2D eigenvalue weighted by Crippen LogP contribution is 2.15. The third kappa shape index (κ3) is 2.40. The maximum atomic E-state index is 11.3. The van der Waals surface area contributed by atoms with Crippen molar-refractivity contribution in [2.75, 3.05) is 0 Å². The molecule has 2 nitrogen and oxygen atoms in total. The summed E-state index contributed by atoms with van der Waals surface area (Å²) in [5.74, 6) is 9.23. The monoisotopic (exact) mass is 184 g/mol. The van der Waals surface area contributed by atoms with Gasteiger partial charge >= 0.3 is 0 Å². The number of Topliss-reactive ketones (excluding diaryl/α,β-unsaturated/α-hetero) is 1. The summed E-state index contributed by atoms with van der Waals surface area (Å²) in [5, 5.41) is 9.31. The molecule has 1 aromatic rings. The highest BCUT2D eigenvalue weighted by molar-refractivity contribution is 6.10. The zero-order valence-corrected chi connectivity index (χ0v) is 7.66. The summed E-state index contributed by atoms with van der Waals surface area (Å²) in [6.45, 7) is 1.64. The van der Waals surface area contributed by atoms with Gasteiger partial charge in [0, 0.05) is 0 Å². The molecule has 1 aromatic carbocycles. The lowest BCUT2D eigenvalue weighted by Gasteiger charge is -1.95. The van der Waals surface area contributed by atoms with Crippen molar-refractivity contribution in [1.82, 2.24) is 0 Å². The highest BCUT2D eigenvalue weighted by atomic mass is 16.3. The number of carbonyl (C=O) groups is 1. The van der Waals surface area contributed by atoms with Crippen molar-refractivity contribution in [1.29, 1.82) is 0 Å². The van der Waals surface area contributed by atoms with Crippen LogP contribution in [0.5, 0.6) is 5.75 Å². The van der Waals surface area contributed by atoms with Gasteiger partial charge in [-0.2, -0.15) is 0 Å². The van der Waals surface area contributed by atoms with E-state index in [4.69, 9.17) is 0 Å². The van der Waals surface area contributed by atoms with Crippen LogP contribution in [0.4, 0.5) is 0 Å². The predicted molar refractivity (Wildman–Crippen MR) is 53.7 cm³/mol. The predicted octanol–water partition coefficient (Wildman–Crippen LogP) is 1.60. The highest BCUT2D eigenvalue weighted by Gasteiger charge is 2.06. The van der Waals surface area contributed by atoms with Gasteiger partial charge in [-0.3, -0.25) is 4.79 Å². The van der Waals surface area contributed by atoms with Crippen molar-refractivity contribution < 1.29 is 9.90 Å². The topological polar surface area (TPSA) is 37.3 Å². The van der Waals surface area contributed by atoms with Crippen LogP contribution in [0.25, 0.3) is 0 Å². The summed E-state index contributed by atoms with van der Waals surface area (Å²) in [7, 11) is 0. The molecule has 0 unspecified atom stereocenters. The van der Waals surface area contributed by atoms with Crippen molar-refractivity contribution in [2.45, 2.75) is 6.92 Å². The lowest BCUT2D eigenvalue weighted by molar-refractivity contribution is 0.105. The van der Waals surface area contributed by atoms with Gasteiger partial charge in [0.05, 0.1) is 5.56 Å². The molecule has 14 heavy (non-hydrogen) atoms. The number of ketones is 1. The fourth-order valence-corrected chi connectivity index (χ4v) is 0.883. The van der Waals surface area contributed by atoms with Crippen LogP contribution in [0.1, 0.15) is 17.3 Å². The molecule has 0 aliphatic rings. The Morgan fingerprint density at radius 2 is 2.00 bits per heavy atom. The second-order valence-corrected chi connectivity index (χ2v) is 2.47. The van der Waals surface area contributed by atoms with Crippen LogP contribution in [0.15, 0.2) is 24.3 Å². The van der Waals surface area contributed by atoms with Gasteiger partial charge in [0.15, 0.2) is 0 Å². The lowest BCUT2D eigenvalue weighted by atomic mass is 10.1. The van der Waals surface area contributed by atoms with Crippen LogP contribution < -0.4 is 0 Å². The zero-order valence-electron chi connectivity index (χ0n) is 7.66. The zero-order chi connectivity index (χ0) is 10.4. The van der Waals surface area contributed by atoms with E-state index in [1.807, 2.05) is 0 Å². The molecule has 0 radical (unpaired) electrons. The molecule has 0 aliphatic carbocycles. The first-order valence-corrected chi connectivity index (χ1v) is 4.01. The van der Waals surface area contributed by atoms with Gasteiger partial charge < -0.3 is 5.11 Å². The number of para-hydroxylation sites is 1. The second kappa shape index (κ2) is 4.74. The third-order valence-corrected chi connectivity index (χ3v) is 1.51. The van der Waals surface area contributed by atoms with Crippen LogP contribution in [0, 0.1) is 23.7 Å². The van der Waals surface area contributed by atoms with Crippen molar-refractivity contribution in [3.8, 4) is 29.4 Å². The van der Waals surface area contributed by atoms with Gasteiger partial charge in [-0.1, -0.05) is 18.1 Å². The number of phenolic OH excluding ortho intramolecular Hbond substituents is 1. The van der Waals surface area contributed by atoms with Crippen LogP contribution in [0.2, 0.25) is 0 Å². The first-order chi connectivity index (χ1) is 6.75. The fraction of sp³-hybridized carbons (Fsp3) is 0.0833. The SMILES string of the molecule is CC#CC#CC(=O)c1ccccc1O. The Kier molecular flexibility index (Phi) is 3.35. The Morgan fingerprint density at radius 3 is 2.64 bits per heavy atom. The maximum absolute atomic E-state index is 11.3. The first-order valence-electron chi connectivity index (χ1n) is 4.01. The van der Waals surface area contributed by atoms with E-state index in [9.17, 15) is 9.90 Å². The van der Waals surface area contributed by atoms with Gasteiger partial charge in [-0.15, -0.1) is 0 Å². The normalized spacial score (nSPS) is 7.79. The molecule has 1 N–H and O–H groups in total. The molecule has 2 heteroatoms. The van der Waals surface area contributed by atoms with E-state index in [1.54, 1.807) is 19.1 Å². The number of hydrogen-bond acceptors (Lipinski definition) is 2. The molecule has 1 rings (SSSR count). The van der Waals surface area contributed by atoms with E-state index in [-0.39, 0.29) is 11.3 Å². The van der Waals surface area contributed by atoms with Crippen molar-refractivity contribution in [2.24, 2.45) is 0 Å². The Balaban J connectivity index is 2.96. The fourth-order valence-electron chi connectivity index (χ4n) is 0.883. The number of rotatable bonds is 1. The molecule has 0 aromatic heterocycles. The van der Waals surface area contributed by atoms with Gasteiger partial charge in [-0.25, -0.2) is 0 Å². The van der Waals surface area contributed by atoms with E-state index < -0.39 is 5.78 Å². The Labute approximate surface area is 82.6 Å². The van der Waals surface area contributed by atoms with E-state index in [2.05, 4.69) is 23.7 Å². The summed E-state index contributed by atoms with van der Waals surface area (Å²) in [5.41, 5.74) is 0.206. The maximum Gasteiger partial charge on any atom is 0.240 e. The first kappa shape index (κ1) is 9.89.